The summed E-state index contributed by atoms with van der Waals surface area (Å²) in [4.78, 5) is 37.1. The van der Waals surface area contributed by atoms with E-state index < -0.39 is 41.9 Å². The van der Waals surface area contributed by atoms with E-state index in [1.165, 1.54) is 13.0 Å². The number of nitrogens with one attached hydrogen (secondary N) is 1. The largest absolute Gasteiger partial charge is 0.477 e. The zero-order chi connectivity index (χ0) is 30.7. The molecule has 1 aliphatic rings. The Morgan fingerprint density at radius 3 is 2.72 bits per heavy atom. The van der Waals surface area contributed by atoms with E-state index in [1.807, 2.05) is 0 Å². The molecule has 4 N–H and O–H groups in total. The Labute approximate surface area is 245 Å². The highest BCUT2D eigenvalue weighted by molar-refractivity contribution is 6.31. The maximum Gasteiger partial charge on any atom is 0.374 e. The van der Waals surface area contributed by atoms with Crippen molar-refractivity contribution in [2.24, 2.45) is 0 Å². The van der Waals surface area contributed by atoms with Crippen molar-refractivity contribution in [1.82, 2.24) is 24.7 Å². The maximum atomic E-state index is 14.4. The van der Waals surface area contributed by atoms with E-state index in [-0.39, 0.29) is 41.2 Å². The zero-order valence-corrected chi connectivity index (χ0v) is 23.0. The van der Waals surface area contributed by atoms with E-state index in [1.54, 1.807) is 41.1 Å². The maximum absolute atomic E-state index is 14.4. The minimum atomic E-state index is -3.95. The monoisotopic (exact) mass is 611 g/mol. The second-order valence-electron chi connectivity index (χ2n) is 10.1. The van der Waals surface area contributed by atoms with Crippen molar-refractivity contribution < 1.29 is 32.3 Å². The molecule has 1 atom stereocenters. The molecule has 0 radical (unpaired) electrons. The summed E-state index contributed by atoms with van der Waals surface area (Å²) >= 11 is 6.25. The fourth-order valence-electron chi connectivity index (χ4n) is 4.98. The smallest absolute Gasteiger partial charge is 0.374 e. The number of carboxylic acid groups (broad SMARTS) is 1. The molecule has 1 aliphatic heterocycles. The lowest BCUT2D eigenvalue weighted by Crippen LogP contribution is -2.33. The molecular weight excluding hydrogens is 591 g/mol. The van der Waals surface area contributed by atoms with E-state index in [0.29, 0.717) is 27.2 Å². The van der Waals surface area contributed by atoms with Crippen LogP contribution in [0.2, 0.25) is 5.02 Å². The standard InChI is InChI=1S/C28H21ClF3N7O4/c1-27(25-34-15(12-43-25)8-9-28(31,32)26(41)42)19-21(33)35-23(36-22(19)37-24(27)40)20-16-7-6-14(29)10-18(16)39(38-20)11-13-4-2-3-5-17(13)30/h2-7,10,12H,8-9,11H2,1H3,(H,41,42)(H3,33,35,36,37,40). The molecule has 4 heterocycles. The molecule has 43 heavy (non-hydrogen) atoms. The normalized spacial score (nSPS) is 16.4. The molecule has 0 bridgehead atoms. The predicted molar refractivity (Wildman–Crippen MR) is 148 cm³/mol. The average molecular weight is 612 g/mol. The average Bonchev–Trinajstić information content (AvgIpc) is 3.64. The van der Waals surface area contributed by atoms with Crippen LogP contribution in [0.15, 0.2) is 53.1 Å². The van der Waals surface area contributed by atoms with Gasteiger partial charge in [-0.1, -0.05) is 29.8 Å². The number of fused-ring (bicyclic) bond motifs is 2. The fraction of sp³-hybridized carbons (Fsp3) is 0.214. The number of alkyl halides is 2. The molecular formula is C28H21ClF3N7O4. The SMILES string of the molecule is CC1(c2nc(CCC(F)(F)C(=O)O)co2)C(=O)Nc2nc(-c3nn(Cc4ccccc4F)c4cc(Cl)ccc34)nc(N)c21. The first-order chi connectivity index (χ1) is 20.4. The number of nitrogens with zero attached hydrogens (tertiary/aromatic N) is 5. The molecule has 1 unspecified atom stereocenters. The van der Waals surface area contributed by atoms with Gasteiger partial charge in [0.15, 0.2) is 11.2 Å². The Balaban J connectivity index is 1.38. The van der Waals surface area contributed by atoms with Gasteiger partial charge in [-0.25, -0.2) is 24.1 Å². The molecule has 5 aromatic rings. The van der Waals surface area contributed by atoms with Gasteiger partial charge in [-0.3, -0.25) is 9.48 Å². The summed E-state index contributed by atoms with van der Waals surface area (Å²) in [6.45, 7) is 1.55. The summed E-state index contributed by atoms with van der Waals surface area (Å²) in [5, 5.41) is 17.0. The van der Waals surface area contributed by atoms with E-state index in [9.17, 15) is 22.8 Å². The van der Waals surface area contributed by atoms with Crippen molar-refractivity contribution in [2.75, 3.05) is 11.1 Å². The number of hydrogen-bond donors (Lipinski definition) is 3. The molecule has 6 rings (SSSR count). The number of halogens is 4. The van der Waals surface area contributed by atoms with Gasteiger partial charge in [-0.2, -0.15) is 13.9 Å². The Morgan fingerprint density at radius 1 is 1.21 bits per heavy atom. The molecule has 15 heteroatoms. The van der Waals surface area contributed by atoms with Crippen LogP contribution >= 0.6 is 11.6 Å². The number of oxazole rings is 1. The number of aromatic nitrogens is 5. The number of aliphatic carboxylic acids is 1. The lowest BCUT2D eigenvalue weighted by atomic mass is 9.84. The van der Waals surface area contributed by atoms with Crippen LogP contribution in [-0.4, -0.2) is 47.6 Å². The Kier molecular flexibility index (Phi) is 6.60. The third kappa shape index (κ3) is 4.73. The van der Waals surface area contributed by atoms with Gasteiger partial charge >= 0.3 is 11.9 Å². The summed E-state index contributed by atoms with van der Waals surface area (Å²) in [7, 11) is 0. The van der Waals surface area contributed by atoms with Crippen LogP contribution in [0.4, 0.5) is 24.8 Å². The number of anilines is 2. The molecule has 220 valence electrons. The molecule has 0 saturated carbocycles. The third-order valence-corrected chi connectivity index (χ3v) is 7.55. The van der Waals surface area contributed by atoms with Crippen molar-refractivity contribution in [1.29, 1.82) is 0 Å². The molecule has 3 aromatic heterocycles. The van der Waals surface area contributed by atoms with Gasteiger partial charge in [0.05, 0.1) is 23.3 Å². The van der Waals surface area contributed by atoms with Gasteiger partial charge in [0.25, 0.3) is 0 Å². The van der Waals surface area contributed by atoms with Crippen LogP contribution in [-0.2, 0) is 28.0 Å². The van der Waals surface area contributed by atoms with Crippen molar-refractivity contribution in [3.8, 4) is 11.5 Å². The predicted octanol–water partition coefficient (Wildman–Crippen LogP) is 4.81. The number of aryl methyl sites for hydroxylation is 1. The second kappa shape index (κ2) is 10.1. The van der Waals surface area contributed by atoms with Gasteiger partial charge < -0.3 is 20.6 Å². The van der Waals surface area contributed by atoms with Crippen molar-refractivity contribution >= 4 is 46.0 Å². The molecule has 11 nitrogen and oxygen atoms in total. The highest BCUT2D eigenvalue weighted by Gasteiger charge is 2.51. The zero-order valence-electron chi connectivity index (χ0n) is 22.2. The number of amides is 1. The number of benzene rings is 2. The lowest BCUT2D eigenvalue weighted by Gasteiger charge is -2.18. The van der Waals surface area contributed by atoms with E-state index in [2.05, 4.69) is 25.4 Å². The van der Waals surface area contributed by atoms with E-state index in [0.717, 1.165) is 6.26 Å². The molecule has 0 aliphatic carbocycles. The lowest BCUT2D eigenvalue weighted by molar-refractivity contribution is -0.165. The first kappa shape index (κ1) is 28.2. The topological polar surface area (TPSA) is 162 Å². The van der Waals surface area contributed by atoms with Gasteiger partial charge in [0.1, 0.15) is 29.4 Å². The molecule has 0 spiro atoms. The van der Waals surface area contributed by atoms with Crippen molar-refractivity contribution in [3.63, 3.8) is 0 Å². The Morgan fingerprint density at radius 2 is 1.98 bits per heavy atom. The van der Waals surface area contributed by atoms with Crippen LogP contribution in [0.25, 0.3) is 22.4 Å². The molecule has 0 saturated heterocycles. The Bertz CT molecular complexity index is 1940. The quantitative estimate of drug-likeness (QED) is 0.223. The highest BCUT2D eigenvalue weighted by atomic mass is 35.5. The Hall–Kier alpha value is -4.98. The number of nitrogen functional groups attached to an aromatic ring is 1. The summed E-state index contributed by atoms with van der Waals surface area (Å²) in [6.07, 6.45) is -0.343. The van der Waals surface area contributed by atoms with Gasteiger partial charge in [0, 0.05) is 22.4 Å². The molecule has 2 aromatic carbocycles. The first-order valence-corrected chi connectivity index (χ1v) is 13.2. The summed E-state index contributed by atoms with van der Waals surface area (Å²) in [6, 6.07) is 11.3. The van der Waals surface area contributed by atoms with Crippen LogP contribution < -0.4 is 11.1 Å². The molecule has 1 amide bonds. The number of carbonyl (C=O) groups excluding carboxylic acids is 1. The van der Waals surface area contributed by atoms with Crippen LogP contribution in [0.5, 0.6) is 0 Å². The van der Waals surface area contributed by atoms with Crippen molar-refractivity contribution in [2.45, 2.75) is 37.6 Å². The minimum Gasteiger partial charge on any atom is -0.477 e. The number of hydrogen-bond acceptors (Lipinski definition) is 8. The third-order valence-electron chi connectivity index (χ3n) is 7.31. The highest BCUT2D eigenvalue weighted by Crippen LogP contribution is 2.45. The van der Waals surface area contributed by atoms with Gasteiger partial charge in [0.2, 0.25) is 11.8 Å². The van der Waals surface area contributed by atoms with Crippen LogP contribution in [0.3, 0.4) is 0 Å². The van der Waals surface area contributed by atoms with Crippen LogP contribution in [0, 0.1) is 5.82 Å². The summed E-state index contributed by atoms with van der Waals surface area (Å²) in [5.41, 5.74) is 6.23. The van der Waals surface area contributed by atoms with Crippen molar-refractivity contribution in [3.05, 3.63) is 82.3 Å². The number of rotatable bonds is 8. The summed E-state index contributed by atoms with van der Waals surface area (Å²) in [5.74, 6) is -7.32. The van der Waals surface area contributed by atoms with Crippen LogP contribution in [0.1, 0.15) is 36.1 Å². The van der Waals surface area contributed by atoms with E-state index in [4.69, 9.17) is 26.9 Å². The number of nitrogens with two attached hydrogens (primary N) is 1. The van der Waals surface area contributed by atoms with E-state index >= 15 is 0 Å². The number of carbonyl (C=O) groups is 2. The first-order valence-electron chi connectivity index (χ1n) is 12.8. The van der Waals surface area contributed by atoms with Gasteiger partial charge in [-0.05, 0) is 37.6 Å². The molecule has 0 fully saturated rings. The second-order valence-corrected chi connectivity index (χ2v) is 10.6. The fourth-order valence-corrected chi connectivity index (χ4v) is 5.15. The minimum absolute atomic E-state index is 0.0278. The van der Waals surface area contributed by atoms with Gasteiger partial charge in [-0.15, -0.1) is 0 Å². The summed E-state index contributed by atoms with van der Waals surface area (Å²) < 4.78 is 48.6. The number of carboxylic acids is 1.